The predicted molar refractivity (Wildman–Crippen MR) is 96.7 cm³/mol. The summed E-state index contributed by atoms with van der Waals surface area (Å²) in [5.74, 6) is 0.549. The minimum Gasteiger partial charge on any atom is -0.350 e. The lowest BCUT2D eigenvalue weighted by molar-refractivity contribution is 0.416. The van der Waals surface area contributed by atoms with Crippen molar-refractivity contribution in [1.82, 2.24) is 24.3 Å². The van der Waals surface area contributed by atoms with E-state index in [2.05, 4.69) is 30.7 Å². The van der Waals surface area contributed by atoms with Crippen molar-refractivity contribution < 1.29 is 0 Å². The van der Waals surface area contributed by atoms with Gasteiger partial charge < -0.3 is 19.2 Å². The molecule has 1 aliphatic heterocycles. The normalized spacial score (nSPS) is 18.0. The van der Waals surface area contributed by atoms with Crippen molar-refractivity contribution in [2.45, 2.75) is 25.4 Å². The van der Waals surface area contributed by atoms with Crippen LogP contribution in [0.15, 0.2) is 47.8 Å². The first-order valence-corrected chi connectivity index (χ1v) is 8.63. The number of aryl methyl sites for hydroxylation is 1. The van der Waals surface area contributed by atoms with Crippen LogP contribution in [0.2, 0.25) is 0 Å². The first kappa shape index (κ1) is 15.8. The Morgan fingerprint density at radius 1 is 1.24 bits per heavy atom. The van der Waals surface area contributed by atoms with Gasteiger partial charge in [-0.05, 0) is 25.0 Å². The average Bonchev–Trinajstić information content (AvgIpc) is 3.12. The largest absolute Gasteiger partial charge is 0.350 e. The molecule has 1 atom stereocenters. The van der Waals surface area contributed by atoms with Gasteiger partial charge in [0.15, 0.2) is 5.82 Å². The van der Waals surface area contributed by atoms with E-state index in [0.29, 0.717) is 11.9 Å². The zero-order valence-electron chi connectivity index (χ0n) is 14.3. The molecule has 1 aliphatic rings. The fourth-order valence-electron chi connectivity index (χ4n) is 3.44. The molecule has 25 heavy (non-hydrogen) atoms. The molecule has 0 amide bonds. The molecule has 1 N–H and O–H groups in total. The fourth-order valence-corrected chi connectivity index (χ4v) is 3.44. The van der Waals surface area contributed by atoms with Gasteiger partial charge in [-0.3, -0.25) is 4.79 Å². The van der Waals surface area contributed by atoms with Gasteiger partial charge in [0.25, 0.3) is 5.56 Å². The maximum atomic E-state index is 12.3. The van der Waals surface area contributed by atoms with Gasteiger partial charge in [0.2, 0.25) is 0 Å². The lowest BCUT2D eigenvalue weighted by Crippen LogP contribution is -2.47. The number of pyridine rings is 1. The number of aromatic nitrogens is 4. The molecule has 0 saturated carbocycles. The van der Waals surface area contributed by atoms with Crippen molar-refractivity contribution in [1.29, 1.82) is 0 Å². The summed E-state index contributed by atoms with van der Waals surface area (Å²) in [5.41, 5.74) is 2.11. The Hall–Kier alpha value is -2.67. The van der Waals surface area contributed by atoms with E-state index in [9.17, 15) is 4.79 Å². The number of hydrogen-bond acceptors (Lipinski definition) is 5. The summed E-state index contributed by atoms with van der Waals surface area (Å²) in [7, 11) is 1.76. The van der Waals surface area contributed by atoms with Gasteiger partial charge in [0, 0.05) is 63.2 Å². The highest BCUT2D eigenvalue weighted by Gasteiger charge is 2.22. The van der Waals surface area contributed by atoms with Crippen LogP contribution >= 0.6 is 0 Å². The summed E-state index contributed by atoms with van der Waals surface area (Å²) in [6.45, 7) is 2.44. The molecule has 0 radical (unpaired) electrons. The van der Waals surface area contributed by atoms with Crippen LogP contribution in [0, 0.1) is 0 Å². The Balaban J connectivity index is 1.46. The van der Waals surface area contributed by atoms with Crippen molar-refractivity contribution in [3.8, 4) is 0 Å². The molecule has 3 aromatic heterocycles. The van der Waals surface area contributed by atoms with Crippen molar-refractivity contribution >= 4 is 11.5 Å². The first-order valence-electron chi connectivity index (χ1n) is 8.63. The third-order valence-corrected chi connectivity index (χ3v) is 4.80. The molecule has 4 rings (SSSR count). The van der Waals surface area contributed by atoms with Crippen LogP contribution in [0.5, 0.6) is 0 Å². The van der Waals surface area contributed by atoms with Crippen LogP contribution in [-0.2, 0) is 13.6 Å². The van der Waals surface area contributed by atoms with E-state index in [1.807, 2.05) is 24.5 Å². The molecule has 3 aromatic rings. The highest BCUT2D eigenvalue weighted by atomic mass is 16.1. The highest BCUT2D eigenvalue weighted by molar-refractivity contribution is 5.40. The van der Waals surface area contributed by atoms with Crippen LogP contribution in [0.4, 0.5) is 5.82 Å². The number of nitrogens with one attached hydrogen (secondary N) is 1. The number of piperidine rings is 1. The third kappa shape index (κ3) is 3.15. The Morgan fingerprint density at radius 3 is 3.04 bits per heavy atom. The van der Waals surface area contributed by atoms with E-state index in [0.717, 1.165) is 38.1 Å². The van der Waals surface area contributed by atoms with Crippen LogP contribution in [0.1, 0.15) is 18.5 Å². The summed E-state index contributed by atoms with van der Waals surface area (Å²) in [6.07, 6.45) is 9.33. The zero-order chi connectivity index (χ0) is 17.2. The van der Waals surface area contributed by atoms with E-state index in [1.54, 1.807) is 24.0 Å². The number of imidazole rings is 1. The Bertz CT molecular complexity index is 930. The quantitative estimate of drug-likeness (QED) is 0.774. The first-order chi connectivity index (χ1) is 12.2. The van der Waals surface area contributed by atoms with Crippen molar-refractivity contribution in [3.63, 3.8) is 0 Å². The standard InChI is InChI=1S/C18H22N6O/c1-22-10-7-20-17(18(22)25)23-9-3-4-14(13-23)21-12-15-5-2-6-16-19-8-11-24(15)16/h2,5-8,10-11,14,21H,3-4,9,12-13H2,1H3. The average molecular weight is 338 g/mol. The van der Waals surface area contributed by atoms with Gasteiger partial charge in [-0.1, -0.05) is 6.07 Å². The highest BCUT2D eigenvalue weighted by Crippen LogP contribution is 2.15. The Morgan fingerprint density at radius 2 is 2.12 bits per heavy atom. The van der Waals surface area contributed by atoms with E-state index in [-0.39, 0.29) is 5.56 Å². The lowest BCUT2D eigenvalue weighted by Gasteiger charge is -2.33. The lowest BCUT2D eigenvalue weighted by atomic mass is 10.1. The third-order valence-electron chi connectivity index (χ3n) is 4.80. The van der Waals surface area contributed by atoms with Gasteiger partial charge >= 0.3 is 0 Å². The number of anilines is 1. The topological polar surface area (TPSA) is 67.5 Å². The second-order valence-electron chi connectivity index (χ2n) is 6.51. The van der Waals surface area contributed by atoms with Crippen LogP contribution in [0.3, 0.4) is 0 Å². The molecule has 0 aromatic carbocycles. The molecule has 1 unspecified atom stereocenters. The Labute approximate surface area is 145 Å². The molecule has 1 saturated heterocycles. The maximum Gasteiger partial charge on any atom is 0.293 e. The SMILES string of the molecule is Cn1ccnc(N2CCCC(NCc3cccc4nccn34)C2)c1=O. The molecule has 7 heteroatoms. The summed E-state index contributed by atoms with van der Waals surface area (Å²) >= 11 is 0. The van der Waals surface area contributed by atoms with Crippen molar-refractivity contribution in [3.05, 3.63) is 59.0 Å². The van der Waals surface area contributed by atoms with Gasteiger partial charge in [-0.25, -0.2) is 9.97 Å². The van der Waals surface area contributed by atoms with Crippen molar-refractivity contribution in [2.24, 2.45) is 7.05 Å². The van der Waals surface area contributed by atoms with Gasteiger partial charge in [0.05, 0.1) is 0 Å². The summed E-state index contributed by atoms with van der Waals surface area (Å²) in [6, 6.07) is 6.48. The van der Waals surface area contributed by atoms with Crippen LogP contribution in [0.25, 0.3) is 5.65 Å². The second kappa shape index (κ2) is 6.68. The molecule has 4 heterocycles. The van der Waals surface area contributed by atoms with E-state index < -0.39 is 0 Å². The summed E-state index contributed by atoms with van der Waals surface area (Å²) in [4.78, 5) is 23.0. The van der Waals surface area contributed by atoms with E-state index in [4.69, 9.17) is 0 Å². The molecule has 130 valence electrons. The number of fused-ring (bicyclic) bond motifs is 1. The number of nitrogens with zero attached hydrogens (tertiary/aromatic N) is 5. The van der Waals surface area contributed by atoms with E-state index >= 15 is 0 Å². The fraction of sp³-hybridized carbons (Fsp3) is 0.389. The summed E-state index contributed by atoms with van der Waals surface area (Å²) in [5, 5.41) is 3.63. The molecule has 7 nitrogen and oxygen atoms in total. The molecule has 0 aliphatic carbocycles. The summed E-state index contributed by atoms with van der Waals surface area (Å²) < 4.78 is 3.68. The molecule has 0 bridgehead atoms. The van der Waals surface area contributed by atoms with Gasteiger partial charge in [-0.2, -0.15) is 0 Å². The maximum absolute atomic E-state index is 12.3. The zero-order valence-corrected chi connectivity index (χ0v) is 14.3. The predicted octanol–water partition coefficient (Wildman–Crippen LogP) is 1.19. The van der Waals surface area contributed by atoms with E-state index in [1.165, 1.54) is 5.69 Å². The van der Waals surface area contributed by atoms with Gasteiger partial charge in [-0.15, -0.1) is 0 Å². The number of hydrogen-bond donors (Lipinski definition) is 1. The van der Waals surface area contributed by atoms with Crippen LogP contribution in [-0.4, -0.2) is 38.1 Å². The monoisotopic (exact) mass is 338 g/mol. The smallest absolute Gasteiger partial charge is 0.293 e. The number of rotatable bonds is 4. The Kier molecular flexibility index (Phi) is 4.23. The second-order valence-corrected chi connectivity index (χ2v) is 6.51. The minimum absolute atomic E-state index is 0.0358. The molecule has 1 fully saturated rings. The molecule has 0 spiro atoms. The minimum atomic E-state index is -0.0358. The molecular formula is C18H22N6O. The molecular weight excluding hydrogens is 316 g/mol. The van der Waals surface area contributed by atoms with Crippen molar-refractivity contribution in [2.75, 3.05) is 18.0 Å². The van der Waals surface area contributed by atoms with Crippen LogP contribution < -0.4 is 15.8 Å². The van der Waals surface area contributed by atoms with Gasteiger partial charge in [0.1, 0.15) is 5.65 Å².